The van der Waals surface area contributed by atoms with Crippen LogP contribution in [0.5, 0.6) is 0 Å². The van der Waals surface area contributed by atoms with E-state index in [1.165, 1.54) is 0 Å². The second-order valence-electron chi connectivity index (χ2n) is 5.67. The van der Waals surface area contributed by atoms with Gasteiger partial charge < -0.3 is 14.6 Å². The van der Waals surface area contributed by atoms with E-state index in [1.54, 1.807) is 10.7 Å². The molecule has 0 aliphatic carbocycles. The van der Waals surface area contributed by atoms with Crippen molar-refractivity contribution >= 4 is 16.9 Å². The molecule has 3 aromatic rings. The normalized spacial score (nSPS) is 15.2. The third kappa shape index (κ3) is 2.77. The summed E-state index contributed by atoms with van der Waals surface area (Å²) >= 11 is 0. The van der Waals surface area contributed by atoms with Gasteiger partial charge in [-0.2, -0.15) is 5.10 Å². The van der Waals surface area contributed by atoms with Crippen molar-refractivity contribution in [2.75, 3.05) is 13.2 Å². The van der Waals surface area contributed by atoms with Crippen molar-refractivity contribution in [3.8, 4) is 5.69 Å². The van der Waals surface area contributed by atoms with Crippen LogP contribution >= 0.6 is 0 Å². The summed E-state index contributed by atoms with van der Waals surface area (Å²) in [5.41, 5.74) is 3.23. The van der Waals surface area contributed by atoms with Crippen LogP contribution in [0.2, 0.25) is 0 Å². The Morgan fingerprint density at radius 1 is 1.21 bits per heavy atom. The van der Waals surface area contributed by atoms with E-state index >= 15 is 0 Å². The molecule has 0 unspecified atom stereocenters. The molecule has 0 atom stereocenters. The highest BCUT2D eigenvalue weighted by atomic mass is 16.7. The monoisotopic (exact) mass is 324 g/mol. The minimum Gasteiger partial charge on any atom is -0.481 e. The fraction of sp³-hybridized carbons (Fsp3) is 0.222. The lowest BCUT2D eigenvalue weighted by atomic mass is 10.1. The van der Waals surface area contributed by atoms with E-state index in [4.69, 9.17) is 14.6 Å². The van der Waals surface area contributed by atoms with Crippen LogP contribution in [0.15, 0.2) is 48.7 Å². The molecule has 1 saturated heterocycles. The fourth-order valence-corrected chi connectivity index (χ4v) is 2.91. The SMILES string of the molecule is O=C(O)Cc1cccc2cn(-c3cccc(C4OCCO4)c3)nc12. The molecule has 0 spiro atoms. The van der Waals surface area contributed by atoms with Gasteiger partial charge in [0.1, 0.15) is 0 Å². The molecule has 6 heteroatoms. The molecule has 0 amide bonds. The lowest BCUT2D eigenvalue weighted by molar-refractivity contribution is -0.136. The molecule has 1 aliphatic rings. The van der Waals surface area contributed by atoms with Gasteiger partial charge in [0.25, 0.3) is 0 Å². The Morgan fingerprint density at radius 2 is 2.00 bits per heavy atom. The number of ether oxygens (including phenoxy) is 2. The van der Waals surface area contributed by atoms with Gasteiger partial charge in [0, 0.05) is 17.1 Å². The molecular formula is C18H16N2O4. The van der Waals surface area contributed by atoms with Crippen molar-refractivity contribution in [3.05, 3.63) is 59.8 Å². The van der Waals surface area contributed by atoms with E-state index in [-0.39, 0.29) is 12.7 Å². The van der Waals surface area contributed by atoms with Crippen molar-refractivity contribution in [1.82, 2.24) is 9.78 Å². The summed E-state index contributed by atoms with van der Waals surface area (Å²) in [4.78, 5) is 11.0. The predicted molar refractivity (Wildman–Crippen MR) is 87.1 cm³/mol. The van der Waals surface area contributed by atoms with Crippen LogP contribution in [-0.2, 0) is 20.7 Å². The zero-order valence-corrected chi connectivity index (χ0v) is 12.9. The summed E-state index contributed by atoms with van der Waals surface area (Å²) in [6.07, 6.45) is 1.52. The van der Waals surface area contributed by atoms with Crippen LogP contribution in [0.3, 0.4) is 0 Å². The van der Waals surface area contributed by atoms with E-state index in [9.17, 15) is 4.79 Å². The van der Waals surface area contributed by atoms with Gasteiger partial charge in [0.05, 0.1) is 30.8 Å². The third-order valence-electron chi connectivity index (χ3n) is 3.99. The van der Waals surface area contributed by atoms with Gasteiger partial charge in [0.15, 0.2) is 6.29 Å². The largest absolute Gasteiger partial charge is 0.481 e. The number of fused-ring (bicyclic) bond motifs is 1. The lowest BCUT2D eigenvalue weighted by Crippen LogP contribution is -2.02. The van der Waals surface area contributed by atoms with Crippen molar-refractivity contribution in [2.24, 2.45) is 0 Å². The zero-order chi connectivity index (χ0) is 16.5. The molecule has 2 heterocycles. The third-order valence-corrected chi connectivity index (χ3v) is 3.99. The summed E-state index contributed by atoms with van der Waals surface area (Å²) in [6, 6.07) is 13.4. The fourth-order valence-electron chi connectivity index (χ4n) is 2.91. The number of hydrogen-bond donors (Lipinski definition) is 1. The molecule has 0 bridgehead atoms. The maximum atomic E-state index is 11.0. The van der Waals surface area contributed by atoms with Gasteiger partial charge in [-0.3, -0.25) is 4.79 Å². The van der Waals surface area contributed by atoms with E-state index in [0.717, 1.165) is 16.6 Å². The Hall–Kier alpha value is -2.70. The van der Waals surface area contributed by atoms with Gasteiger partial charge in [-0.15, -0.1) is 0 Å². The number of carbonyl (C=O) groups is 1. The molecule has 2 aromatic carbocycles. The van der Waals surface area contributed by atoms with Gasteiger partial charge in [-0.25, -0.2) is 4.68 Å². The average Bonchev–Trinajstić information content (AvgIpc) is 3.25. The van der Waals surface area contributed by atoms with E-state index < -0.39 is 5.97 Å². The number of nitrogens with zero attached hydrogens (tertiary/aromatic N) is 2. The number of rotatable bonds is 4. The number of hydrogen-bond acceptors (Lipinski definition) is 4. The van der Waals surface area contributed by atoms with Crippen molar-refractivity contribution < 1.29 is 19.4 Å². The lowest BCUT2D eigenvalue weighted by Gasteiger charge is -2.10. The highest BCUT2D eigenvalue weighted by molar-refractivity contribution is 5.85. The van der Waals surface area contributed by atoms with Gasteiger partial charge >= 0.3 is 5.97 Å². The molecule has 0 saturated carbocycles. The molecule has 6 nitrogen and oxygen atoms in total. The van der Waals surface area contributed by atoms with Crippen LogP contribution in [0.25, 0.3) is 16.6 Å². The summed E-state index contributed by atoms with van der Waals surface area (Å²) in [5.74, 6) is -0.866. The molecule has 0 radical (unpaired) electrons. The second-order valence-corrected chi connectivity index (χ2v) is 5.67. The number of carboxylic acids is 1. The van der Waals surface area contributed by atoms with E-state index in [2.05, 4.69) is 5.10 Å². The smallest absolute Gasteiger partial charge is 0.307 e. The van der Waals surface area contributed by atoms with E-state index in [0.29, 0.717) is 24.3 Å². The first-order valence-electron chi connectivity index (χ1n) is 7.73. The molecule has 1 fully saturated rings. The van der Waals surface area contributed by atoms with Crippen LogP contribution in [-0.4, -0.2) is 34.1 Å². The highest BCUT2D eigenvalue weighted by Crippen LogP contribution is 2.26. The molecule has 1 aromatic heterocycles. The van der Waals surface area contributed by atoms with Gasteiger partial charge in [-0.1, -0.05) is 30.3 Å². The molecule has 1 N–H and O–H groups in total. The summed E-state index contributed by atoms with van der Waals surface area (Å²) in [5, 5.41) is 14.5. The van der Waals surface area contributed by atoms with Crippen LogP contribution in [0.4, 0.5) is 0 Å². The Morgan fingerprint density at radius 3 is 2.79 bits per heavy atom. The highest BCUT2D eigenvalue weighted by Gasteiger charge is 2.19. The first-order valence-corrected chi connectivity index (χ1v) is 7.73. The topological polar surface area (TPSA) is 73.6 Å². The van der Waals surface area contributed by atoms with Gasteiger partial charge in [0.2, 0.25) is 0 Å². The molecule has 24 heavy (non-hydrogen) atoms. The maximum Gasteiger partial charge on any atom is 0.307 e. The number of aromatic nitrogens is 2. The standard InChI is InChI=1S/C18H16N2O4/c21-16(22)10-12-3-1-5-14-11-20(19-17(12)14)15-6-2-4-13(9-15)18-23-7-8-24-18/h1-6,9,11,18H,7-8,10H2,(H,21,22). The molecule has 4 rings (SSSR count). The summed E-state index contributed by atoms with van der Waals surface area (Å²) in [6.45, 7) is 1.19. The predicted octanol–water partition coefficient (Wildman–Crippen LogP) is 2.70. The van der Waals surface area contributed by atoms with Crippen molar-refractivity contribution in [2.45, 2.75) is 12.7 Å². The van der Waals surface area contributed by atoms with Crippen LogP contribution < -0.4 is 0 Å². The summed E-state index contributed by atoms with van der Waals surface area (Å²) < 4.78 is 12.8. The quantitative estimate of drug-likeness (QED) is 0.799. The molecule has 1 aliphatic heterocycles. The number of benzene rings is 2. The Bertz CT molecular complexity index is 897. The summed E-state index contributed by atoms with van der Waals surface area (Å²) in [7, 11) is 0. The Labute approximate surface area is 138 Å². The zero-order valence-electron chi connectivity index (χ0n) is 12.9. The van der Waals surface area contributed by atoms with Crippen LogP contribution in [0, 0.1) is 0 Å². The van der Waals surface area contributed by atoms with Crippen LogP contribution in [0.1, 0.15) is 17.4 Å². The molecule has 122 valence electrons. The van der Waals surface area contributed by atoms with Gasteiger partial charge in [-0.05, 0) is 17.7 Å². The Balaban J connectivity index is 1.74. The van der Waals surface area contributed by atoms with Crippen molar-refractivity contribution in [1.29, 1.82) is 0 Å². The number of carboxylic acid groups (broad SMARTS) is 1. The average molecular weight is 324 g/mol. The Kier molecular flexibility index (Phi) is 3.76. The number of aliphatic carboxylic acids is 1. The second kappa shape index (κ2) is 6.07. The first kappa shape index (κ1) is 14.9. The molecular weight excluding hydrogens is 308 g/mol. The first-order chi connectivity index (χ1) is 11.7. The minimum absolute atomic E-state index is 0.0435. The maximum absolute atomic E-state index is 11.0. The van der Waals surface area contributed by atoms with Crippen molar-refractivity contribution in [3.63, 3.8) is 0 Å². The van der Waals surface area contributed by atoms with E-state index in [1.807, 2.05) is 42.6 Å². The minimum atomic E-state index is -0.866.